The number of carbonyl (C=O) groups is 1. The molecule has 8 nitrogen and oxygen atoms in total. The van der Waals surface area contributed by atoms with Crippen molar-refractivity contribution in [1.82, 2.24) is 19.8 Å². The van der Waals surface area contributed by atoms with Crippen LogP contribution in [0.3, 0.4) is 0 Å². The molecule has 32 heavy (non-hydrogen) atoms. The summed E-state index contributed by atoms with van der Waals surface area (Å²) in [4.78, 5) is 26.1. The van der Waals surface area contributed by atoms with Crippen LogP contribution < -0.4 is 11.5 Å². The third kappa shape index (κ3) is 4.46. The number of fused-ring (bicyclic) bond motifs is 3. The second-order valence-electron chi connectivity index (χ2n) is 7.03. The van der Waals surface area contributed by atoms with Gasteiger partial charge in [-0.3, -0.25) is 4.79 Å². The van der Waals surface area contributed by atoms with E-state index in [9.17, 15) is 9.59 Å². The molecule has 166 valence electrons. The van der Waals surface area contributed by atoms with E-state index in [2.05, 4.69) is 10.2 Å². The van der Waals surface area contributed by atoms with Crippen molar-refractivity contribution in [3.8, 4) is 0 Å². The molecular formula is C22H23N5O3S2. The summed E-state index contributed by atoms with van der Waals surface area (Å²) in [5.41, 5.74) is 0.989. The molecule has 0 aliphatic carbocycles. The summed E-state index contributed by atoms with van der Waals surface area (Å²) in [6, 6.07) is 13.2. The lowest BCUT2D eigenvalue weighted by Gasteiger charge is -2.17. The largest absolute Gasteiger partial charge is 0.423 e. The Labute approximate surface area is 193 Å². The number of nitrogens with two attached hydrogens (primary N) is 1. The van der Waals surface area contributed by atoms with E-state index in [1.807, 2.05) is 50.2 Å². The lowest BCUT2D eigenvalue weighted by atomic mass is 10.0. The number of carbonyl (C=O) groups excluding carboxylic acids is 1. The molecule has 2 heterocycles. The van der Waals surface area contributed by atoms with Crippen LogP contribution in [0.2, 0.25) is 0 Å². The Morgan fingerprint density at radius 2 is 1.81 bits per heavy atom. The van der Waals surface area contributed by atoms with E-state index in [0.29, 0.717) is 34.7 Å². The number of aromatic nitrogens is 3. The maximum absolute atomic E-state index is 12.2. The summed E-state index contributed by atoms with van der Waals surface area (Å²) in [6.45, 7) is 5.23. The van der Waals surface area contributed by atoms with Crippen molar-refractivity contribution in [2.45, 2.75) is 29.9 Å². The summed E-state index contributed by atoms with van der Waals surface area (Å²) in [6.07, 6.45) is 0. The van der Waals surface area contributed by atoms with Crippen molar-refractivity contribution in [3.05, 3.63) is 58.4 Å². The van der Waals surface area contributed by atoms with Gasteiger partial charge in [0.25, 0.3) is 0 Å². The zero-order valence-electron chi connectivity index (χ0n) is 17.8. The molecule has 0 saturated carbocycles. The van der Waals surface area contributed by atoms with Crippen LogP contribution in [0.1, 0.15) is 19.4 Å². The highest BCUT2D eigenvalue weighted by Crippen LogP contribution is 2.31. The third-order valence-electron chi connectivity index (χ3n) is 5.15. The van der Waals surface area contributed by atoms with Gasteiger partial charge in [-0.1, -0.05) is 53.9 Å². The van der Waals surface area contributed by atoms with E-state index in [4.69, 9.17) is 10.3 Å². The van der Waals surface area contributed by atoms with E-state index >= 15 is 0 Å². The molecule has 0 saturated heterocycles. The fraction of sp³-hybridized carbons (Fsp3) is 0.273. The van der Waals surface area contributed by atoms with Gasteiger partial charge < -0.3 is 15.2 Å². The number of hydrogen-bond acceptors (Lipinski definition) is 8. The normalized spacial score (nSPS) is 11.3. The van der Waals surface area contributed by atoms with Crippen molar-refractivity contribution in [2.75, 3.05) is 24.7 Å². The van der Waals surface area contributed by atoms with Crippen LogP contribution >= 0.6 is 23.5 Å². The number of nitrogen functional groups attached to an aromatic ring is 1. The quantitative estimate of drug-likeness (QED) is 0.181. The van der Waals surface area contributed by atoms with Gasteiger partial charge in [0.15, 0.2) is 0 Å². The average Bonchev–Trinajstić information content (AvgIpc) is 3.15. The number of hydrogen-bond donors (Lipinski definition) is 1. The van der Waals surface area contributed by atoms with E-state index in [-0.39, 0.29) is 11.7 Å². The first-order valence-corrected chi connectivity index (χ1v) is 12.2. The van der Waals surface area contributed by atoms with E-state index in [1.165, 1.54) is 34.3 Å². The minimum absolute atomic E-state index is 0.0339. The highest BCUT2D eigenvalue weighted by atomic mass is 32.2. The van der Waals surface area contributed by atoms with Crippen LogP contribution in [-0.4, -0.2) is 44.5 Å². The third-order valence-corrected chi connectivity index (χ3v) is 7.07. The molecule has 2 aromatic carbocycles. The zero-order valence-corrected chi connectivity index (χ0v) is 19.4. The summed E-state index contributed by atoms with van der Waals surface area (Å²) < 4.78 is 6.81. The van der Waals surface area contributed by atoms with Crippen LogP contribution in [0.4, 0.5) is 0 Å². The molecule has 0 fully saturated rings. The van der Waals surface area contributed by atoms with Crippen molar-refractivity contribution in [2.24, 2.45) is 0 Å². The molecular weight excluding hydrogens is 446 g/mol. The molecule has 0 radical (unpaired) electrons. The minimum Gasteiger partial charge on any atom is -0.423 e. The van der Waals surface area contributed by atoms with Gasteiger partial charge >= 0.3 is 5.63 Å². The first-order valence-electron chi connectivity index (χ1n) is 10.2. The Bertz CT molecular complexity index is 1330. The van der Waals surface area contributed by atoms with Crippen LogP contribution in [0.25, 0.3) is 21.7 Å². The van der Waals surface area contributed by atoms with Gasteiger partial charge in [0.2, 0.25) is 16.2 Å². The maximum atomic E-state index is 12.2. The molecule has 10 heteroatoms. The Balaban J connectivity index is 1.55. The Kier molecular flexibility index (Phi) is 6.71. The summed E-state index contributed by atoms with van der Waals surface area (Å²) >= 11 is 2.64. The van der Waals surface area contributed by atoms with Gasteiger partial charge in [0, 0.05) is 30.3 Å². The number of amides is 1. The van der Waals surface area contributed by atoms with Gasteiger partial charge in [-0.05, 0) is 36.2 Å². The number of rotatable bonds is 8. The summed E-state index contributed by atoms with van der Waals surface area (Å²) in [7, 11) is 0. The first-order chi connectivity index (χ1) is 15.5. The molecule has 2 aromatic heterocycles. The molecule has 0 aliphatic heterocycles. The Hall–Kier alpha value is -2.98. The minimum atomic E-state index is -0.399. The van der Waals surface area contributed by atoms with Gasteiger partial charge in [-0.15, -0.1) is 10.2 Å². The predicted molar refractivity (Wildman–Crippen MR) is 128 cm³/mol. The van der Waals surface area contributed by atoms with Gasteiger partial charge in [-0.25, -0.2) is 9.47 Å². The zero-order chi connectivity index (χ0) is 22.7. The molecule has 2 N–H and O–H groups in total. The van der Waals surface area contributed by atoms with Crippen LogP contribution in [0.5, 0.6) is 0 Å². The van der Waals surface area contributed by atoms with Crippen LogP contribution in [-0.2, 0) is 10.5 Å². The maximum Gasteiger partial charge on any atom is 0.336 e. The monoisotopic (exact) mass is 469 g/mol. The van der Waals surface area contributed by atoms with Gasteiger partial charge in [0.05, 0.1) is 5.75 Å². The first kappa shape index (κ1) is 22.2. The second kappa shape index (κ2) is 9.66. The molecule has 1 amide bonds. The fourth-order valence-electron chi connectivity index (χ4n) is 3.53. The van der Waals surface area contributed by atoms with Crippen molar-refractivity contribution in [3.63, 3.8) is 0 Å². The molecule has 4 aromatic rings. The van der Waals surface area contributed by atoms with Crippen LogP contribution in [0, 0.1) is 0 Å². The highest BCUT2D eigenvalue weighted by molar-refractivity contribution is 8.00. The Morgan fingerprint density at radius 3 is 2.56 bits per heavy atom. The van der Waals surface area contributed by atoms with Gasteiger partial charge in [0.1, 0.15) is 5.58 Å². The average molecular weight is 470 g/mol. The number of thioether (sulfide) groups is 2. The molecule has 0 atom stereocenters. The van der Waals surface area contributed by atoms with Crippen molar-refractivity contribution in [1.29, 1.82) is 0 Å². The molecule has 0 bridgehead atoms. The second-order valence-corrected chi connectivity index (χ2v) is 8.91. The molecule has 0 spiro atoms. The summed E-state index contributed by atoms with van der Waals surface area (Å²) in [5.74, 6) is 6.92. The van der Waals surface area contributed by atoms with E-state index in [0.717, 1.165) is 21.7 Å². The predicted octanol–water partition coefficient (Wildman–Crippen LogP) is 3.50. The highest BCUT2D eigenvalue weighted by Gasteiger charge is 2.16. The van der Waals surface area contributed by atoms with Crippen LogP contribution in [0.15, 0.2) is 62.0 Å². The Morgan fingerprint density at radius 1 is 1.09 bits per heavy atom. The lowest BCUT2D eigenvalue weighted by molar-refractivity contribution is -0.127. The lowest BCUT2D eigenvalue weighted by Crippen LogP contribution is -2.32. The van der Waals surface area contributed by atoms with Gasteiger partial charge in [-0.2, -0.15) is 0 Å². The van der Waals surface area contributed by atoms with Crippen molar-refractivity contribution < 1.29 is 9.21 Å². The molecule has 0 unspecified atom stereocenters. The van der Waals surface area contributed by atoms with E-state index in [1.54, 1.807) is 4.90 Å². The smallest absolute Gasteiger partial charge is 0.336 e. The summed E-state index contributed by atoms with van der Waals surface area (Å²) in [5, 5.41) is 12.2. The number of nitrogens with zero attached hydrogens (tertiary/aromatic N) is 4. The topological polar surface area (TPSA) is 107 Å². The number of benzene rings is 2. The molecule has 0 aliphatic rings. The standard InChI is InChI=1S/C22H23N5O3S2/c1-3-26(4-2)18(28)13-32-22-25-24-21(27(22)23)31-12-15-11-19(29)30-17-10-9-14-7-5-6-8-16(14)20(15)17/h5-11H,3-4,12-13,23H2,1-2H3. The molecule has 4 rings (SSSR count). The fourth-order valence-corrected chi connectivity index (χ4v) is 5.18. The SMILES string of the molecule is CCN(CC)C(=O)CSc1nnc(SCc2cc(=O)oc3ccc4ccccc4c23)n1N. The van der Waals surface area contributed by atoms with Crippen molar-refractivity contribution >= 4 is 51.2 Å². The van der Waals surface area contributed by atoms with E-state index < -0.39 is 5.63 Å².